The first kappa shape index (κ1) is 54.7. The number of phosphoric ester groups is 1. The maximum atomic E-state index is 12.5. The monoisotopic (exact) mass is 827 g/mol. The van der Waals surface area contributed by atoms with Crippen LogP contribution in [0, 0.1) is 0 Å². The molecule has 0 aliphatic carbocycles. The van der Waals surface area contributed by atoms with Gasteiger partial charge in [0.2, 0.25) is 0 Å². The quantitative estimate of drug-likeness (QED) is 0.0282. The van der Waals surface area contributed by atoms with Crippen molar-refractivity contribution in [2.75, 3.05) is 19.8 Å². The topological polar surface area (TPSA) is 108 Å². The highest BCUT2D eigenvalue weighted by molar-refractivity contribution is 7.47. The van der Waals surface area contributed by atoms with Gasteiger partial charge in [0.1, 0.15) is 6.61 Å². The third kappa shape index (κ3) is 42.3. The molecule has 0 saturated carbocycles. The summed E-state index contributed by atoms with van der Waals surface area (Å²) >= 11 is 0. The lowest BCUT2D eigenvalue weighted by Crippen LogP contribution is -2.29. The maximum Gasteiger partial charge on any atom is 0.472 e. The van der Waals surface area contributed by atoms with E-state index in [-0.39, 0.29) is 26.1 Å². The molecule has 0 aliphatic heterocycles. The zero-order valence-corrected chi connectivity index (χ0v) is 37.3. The Hall–Kier alpha value is -3.29. The second-order valence-corrected chi connectivity index (χ2v) is 15.4. The predicted octanol–water partition coefficient (Wildman–Crippen LogP) is 14.2. The molecule has 2 atom stereocenters. The average molecular weight is 827 g/mol. The molecule has 1 N–H and O–H groups in total. The summed E-state index contributed by atoms with van der Waals surface area (Å²) in [5, 5.41) is 0. The van der Waals surface area contributed by atoms with Crippen LogP contribution in [-0.4, -0.2) is 42.8 Å². The first-order valence-electron chi connectivity index (χ1n) is 22.2. The molecule has 2 unspecified atom stereocenters. The molecule has 58 heavy (non-hydrogen) atoms. The van der Waals surface area contributed by atoms with Crippen molar-refractivity contribution in [1.29, 1.82) is 0 Å². The highest BCUT2D eigenvalue weighted by Crippen LogP contribution is 2.43. The van der Waals surface area contributed by atoms with Gasteiger partial charge < -0.3 is 14.4 Å². The highest BCUT2D eigenvalue weighted by Gasteiger charge is 2.25. The molecule has 0 amide bonds. The molecule has 0 saturated heterocycles. The Morgan fingerprint density at radius 1 is 0.466 bits per heavy atom. The van der Waals surface area contributed by atoms with Crippen molar-refractivity contribution in [2.24, 2.45) is 0 Å². The van der Waals surface area contributed by atoms with Crippen molar-refractivity contribution in [3.63, 3.8) is 0 Å². The Balaban J connectivity index is 4.18. The summed E-state index contributed by atoms with van der Waals surface area (Å²) in [6.45, 7) is 5.15. The summed E-state index contributed by atoms with van der Waals surface area (Å²) in [5.41, 5.74) is 0. The number of phosphoric acid groups is 1. The Kier molecular flexibility index (Phi) is 40.8. The van der Waals surface area contributed by atoms with E-state index < -0.39 is 32.5 Å². The van der Waals surface area contributed by atoms with Crippen LogP contribution in [0.3, 0.4) is 0 Å². The van der Waals surface area contributed by atoms with Crippen LogP contribution in [0.4, 0.5) is 0 Å². The van der Waals surface area contributed by atoms with Gasteiger partial charge in [0.15, 0.2) is 6.10 Å². The fourth-order valence-corrected chi connectivity index (χ4v) is 6.17. The summed E-state index contributed by atoms with van der Waals surface area (Å²) in [6.07, 6.45) is 58.6. The lowest BCUT2D eigenvalue weighted by Gasteiger charge is -2.19. The number of carbonyl (C=O) groups excluding carboxylic acids is 2. The minimum Gasteiger partial charge on any atom is -0.462 e. The molecule has 9 heteroatoms. The van der Waals surface area contributed by atoms with E-state index in [1.54, 1.807) is 6.92 Å². The van der Waals surface area contributed by atoms with Crippen LogP contribution >= 0.6 is 7.82 Å². The zero-order valence-electron chi connectivity index (χ0n) is 36.4. The van der Waals surface area contributed by atoms with E-state index in [0.717, 1.165) is 89.9 Å². The summed E-state index contributed by atoms with van der Waals surface area (Å²) in [5.74, 6) is -0.886. The highest BCUT2D eigenvalue weighted by atomic mass is 31.2. The van der Waals surface area contributed by atoms with Crippen LogP contribution in [0.25, 0.3) is 0 Å². The van der Waals surface area contributed by atoms with E-state index in [4.69, 9.17) is 18.5 Å². The third-order valence-electron chi connectivity index (χ3n) is 8.57. The van der Waals surface area contributed by atoms with E-state index in [2.05, 4.69) is 117 Å². The molecule has 0 rings (SSSR count). The Bertz CT molecular complexity index is 1300. The van der Waals surface area contributed by atoms with Crippen molar-refractivity contribution >= 4 is 19.8 Å². The van der Waals surface area contributed by atoms with Crippen LogP contribution in [0.15, 0.2) is 109 Å². The van der Waals surface area contributed by atoms with E-state index >= 15 is 0 Å². The van der Waals surface area contributed by atoms with E-state index in [0.29, 0.717) is 12.8 Å². The van der Waals surface area contributed by atoms with Gasteiger partial charge in [0.05, 0.1) is 13.2 Å². The van der Waals surface area contributed by atoms with Crippen LogP contribution < -0.4 is 0 Å². The number of hydrogen-bond acceptors (Lipinski definition) is 7. The third-order valence-corrected chi connectivity index (χ3v) is 9.63. The van der Waals surface area contributed by atoms with E-state index in [9.17, 15) is 19.0 Å². The first-order chi connectivity index (χ1) is 28.3. The maximum absolute atomic E-state index is 12.5. The minimum atomic E-state index is -4.31. The van der Waals surface area contributed by atoms with E-state index in [1.165, 1.54) is 25.7 Å². The normalized spacial score (nSPS) is 14.3. The van der Waals surface area contributed by atoms with Crippen LogP contribution in [-0.2, 0) is 32.7 Å². The van der Waals surface area contributed by atoms with Gasteiger partial charge in [0, 0.05) is 12.8 Å². The van der Waals surface area contributed by atoms with Gasteiger partial charge in [-0.3, -0.25) is 18.6 Å². The minimum absolute atomic E-state index is 0.0182. The molecule has 8 nitrogen and oxygen atoms in total. The molecule has 0 heterocycles. The van der Waals surface area contributed by atoms with Gasteiger partial charge in [-0.05, 0) is 96.8 Å². The number of allylic oxidation sites excluding steroid dienone is 18. The lowest BCUT2D eigenvalue weighted by atomic mass is 10.1. The molecule has 328 valence electrons. The van der Waals surface area contributed by atoms with Crippen molar-refractivity contribution < 1.29 is 37.6 Å². The van der Waals surface area contributed by atoms with Gasteiger partial charge >= 0.3 is 19.8 Å². The Morgan fingerprint density at radius 2 is 0.845 bits per heavy atom. The molecule has 0 radical (unpaired) electrons. The van der Waals surface area contributed by atoms with Gasteiger partial charge in [-0.2, -0.15) is 0 Å². The first-order valence-corrected chi connectivity index (χ1v) is 23.7. The van der Waals surface area contributed by atoms with Crippen molar-refractivity contribution in [3.8, 4) is 0 Å². The molecule has 0 aromatic rings. The molecule has 0 spiro atoms. The van der Waals surface area contributed by atoms with Crippen LogP contribution in [0.1, 0.15) is 162 Å². The molecule has 0 aliphatic rings. The number of unbranched alkanes of at least 4 members (excludes halogenated alkanes) is 9. The second kappa shape index (κ2) is 43.3. The van der Waals surface area contributed by atoms with Gasteiger partial charge in [-0.25, -0.2) is 4.57 Å². The van der Waals surface area contributed by atoms with Gasteiger partial charge in [-0.15, -0.1) is 0 Å². The second-order valence-electron chi connectivity index (χ2n) is 13.9. The van der Waals surface area contributed by atoms with Crippen molar-refractivity contribution in [2.45, 2.75) is 168 Å². The molecular weight excluding hydrogens is 748 g/mol. The van der Waals surface area contributed by atoms with E-state index in [1.807, 2.05) is 6.08 Å². The predicted molar refractivity (Wildman–Crippen MR) is 243 cm³/mol. The molecular formula is C49H79O8P. The molecule has 0 aromatic heterocycles. The zero-order chi connectivity index (χ0) is 42.5. The van der Waals surface area contributed by atoms with Crippen LogP contribution in [0.2, 0.25) is 0 Å². The summed E-state index contributed by atoms with van der Waals surface area (Å²) < 4.78 is 32.6. The fraction of sp³-hybridized carbons (Fsp3) is 0.592. The standard InChI is InChI=1S/C49H79O8P/c1-4-7-9-11-13-15-17-19-21-23-24-25-26-28-29-31-33-35-37-39-41-43-48(50)54-45-47(46-56-58(52,53)55-6-3)57-49(51)44-42-40-38-36-34-32-30-27-22-20-18-16-14-12-10-8-5-2/h7-10,13-16,19-22,24-25,30,32,36,38,47H,4-6,11-12,17-18,23,26-29,31,33-35,37,39-46H2,1-3H3,(H,52,53)/b9-7-,10-8-,15-13-,16-14-,21-19-,22-20-,25-24-,32-30-,38-36-. The fourth-order valence-electron chi connectivity index (χ4n) is 5.42. The summed E-state index contributed by atoms with van der Waals surface area (Å²) in [6, 6.07) is 0. The lowest BCUT2D eigenvalue weighted by molar-refractivity contribution is -0.161. The van der Waals surface area contributed by atoms with Gasteiger partial charge in [-0.1, -0.05) is 162 Å². The Morgan fingerprint density at radius 3 is 1.29 bits per heavy atom. The number of esters is 2. The largest absolute Gasteiger partial charge is 0.472 e. The van der Waals surface area contributed by atoms with Gasteiger partial charge in [0.25, 0.3) is 0 Å². The number of rotatable bonds is 39. The molecule has 0 aromatic carbocycles. The number of ether oxygens (including phenoxy) is 2. The smallest absolute Gasteiger partial charge is 0.462 e. The van der Waals surface area contributed by atoms with Crippen molar-refractivity contribution in [3.05, 3.63) is 109 Å². The SMILES string of the molecule is CC/C=C\C/C=C\C/C=C\C/C=C\C/C=C\CCCC(=O)OC(COC(=O)CCCCCCCCCC/C=C\C/C=C\C/C=C\C/C=C\CC)COP(=O)(O)OCC. The average Bonchev–Trinajstić information content (AvgIpc) is 3.20. The molecule has 0 fully saturated rings. The summed E-state index contributed by atoms with van der Waals surface area (Å²) in [4.78, 5) is 34.8. The van der Waals surface area contributed by atoms with Crippen LogP contribution in [0.5, 0.6) is 0 Å². The molecule has 0 bridgehead atoms. The number of hydrogen-bond donors (Lipinski definition) is 1. The van der Waals surface area contributed by atoms with Crippen molar-refractivity contribution in [1.82, 2.24) is 0 Å². The Labute approximate surface area is 353 Å². The number of carbonyl (C=O) groups is 2. The summed E-state index contributed by atoms with van der Waals surface area (Å²) in [7, 11) is -4.31.